The summed E-state index contributed by atoms with van der Waals surface area (Å²) < 4.78 is 0. The van der Waals surface area contributed by atoms with E-state index in [1.54, 1.807) is 0 Å². The van der Waals surface area contributed by atoms with Gasteiger partial charge in [-0.15, -0.1) is 12.4 Å². The number of amides is 1. The summed E-state index contributed by atoms with van der Waals surface area (Å²) in [5.41, 5.74) is 9.29. The van der Waals surface area contributed by atoms with E-state index in [9.17, 15) is 4.79 Å². The highest BCUT2D eigenvalue weighted by molar-refractivity contribution is 5.85. The van der Waals surface area contributed by atoms with Crippen LogP contribution in [-0.4, -0.2) is 37.0 Å². The lowest BCUT2D eigenvalue weighted by Gasteiger charge is -2.21. The first kappa shape index (κ1) is 21.2. The van der Waals surface area contributed by atoms with Crippen molar-refractivity contribution in [3.8, 4) is 0 Å². The third-order valence-corrected chi connectivity index (χ3v) is 3.94. The Kier molecular flexibility index (Phi) is 9.85. The Balaban J connectivity index is 0.00000312. The number of hydrogen-bond acceptors (Lipinski definition) is 3. The number of nitrogens with one attached hydrogen (secondary N) is 1. The number of halogens is 1. The minimum atomic E-state index is 0. The van der Waals surface area contributed by atoms with E-state index in [0.29, 0.717) is 19.6 Å². The second-order valence-electron chi connectivity index (χ2n) is 6.07. The smallest absolute Gasteiger partial charge is 0.234 e. The Labute approximate surface area is 156 Å². The molecule has 0 aliphatic heterocycles. The maximum atomic E-state index is 12.2. The zero-order chi connectivity index (χ0) is 17.2. The summed E-state index contributed by atoms with van der Waals surface area (Å²) in [6.45, 7) is 5.12. The summed E-state index contributed by atoms with van der Waals surface area (Å²) in [5, 5.41) is 2.99. The molecule has 0 aromatic heterocycles. The van der Waals surface area contributed by atoms with Gasteiger partial charge >= 0.3 is 0 Å². The van der Waals surface area contributed by atoms with Gasteiger partial charge in [0.1, 0.15) is 0 Å². The molecule has 0 aliphatic carbocycles. The number of aryl methyl sites for hydroxylation is 1. The van der Waals surface area contributed by atoms with Crippen LogP contribution in [0.2, 0.25) is 0 Å². The molecule has 2 aromatic rings. The third-order valence-electron chi connectivity index (χ3n) is 3.94. The molecular formula is C20H28ClN3O. The van der Waals surface area contributed by atoms with E-state index < -0.39 is 0 Å². The monoisotopic (exact) mass is 361 g/mol. The normalized spacial score (nSPS) is 10.4. The molecular weight excluding hydrogens is 334 g/mol. The maximum absolute atomic E-state index is 12.2. The van der Waals surface area contributed by atoms with E-state index in [-0.39, 0.29) is 18.3 Å². The van der Waals surface area contributed by atoms with Crippen LogP contribution in [0.1, 0.15) is 16.7 Å². The molecule has 0 heterocycles. The van der Waals surface area contributed by atoms with Crippen LogP contribution in [0.5, 0.6) is 0 Å². The van der Waals surface area contributed by atoms with E-state index in [1.807, 2.05) is 30.3 Å². The van der Waals surface area contributed by atoms with Crippen molar-refractivity contribution >= 4 is 18.3 Å². The Morgan fingerprint density at radius 3 is 2.44 bits per heavy atom. The van der Waals surface area contributed by atoms with Gasteiger partial charge in [0.15, 0.2) is 0 Å². The molecule has 0 fully saturated rings. The molecule has 0 bridgehead atoms. The van der Waals surface area contributed by atoms with Crippen LogP contribution in [0.15, 0.2) is 54.6 Å². The average Bonchev–Trinajstić information content (AvgIpc) is 2.59. The lowest BCUT2D eigenvalue weighted by atomic mass is 10.1. The van der Waals surface area contributed by atoms with Crippen LogP contribution < -0.4 is 11.1 Å². The first-order chi connectivity index (χ1) is 11.7. The largest absolute Gasteiger partial charge is 0.351 e. The number of nitrogens with two attached hydrogens (primary N) is 1. The van der Waals surface area contributed by atoms with Gasteiger partial charge in [-0.1, -0.05) is 60.2 Å². The lowest BCUT2D eigenvalue weighted by Crippen LogP contribution is -2.40. The Morgan fingerprint density at radius 2 is 1.76 bits per heavy atom. The molecule has 0 spiro atoms. The van der Waals surface area contributed by atoms with Crippen molar-refractivity contribution in [2.75, 3.05) is 26.2 Å². The van der Waals surface area contributed by atoms with Crippen molar-refractivity contribution in [1.82, 2.24) is 10.2 Å². The first-order valence-electron chi connectivity index (χ1n) is 8.46. The molecule has 136 valence electrons. The number of carbonyl (C=O) groups excluding carboxylic acids is 1. The van der Waals surface area contributed by atoms with Gasteiger partial charge < -0.3 is 11.1 Å². The van der Waals surface area contributed by atoms with Crippen molar-refractivity contribution in [3.05, 3.63) is 71.3 Å². The summed E-state index contributed by atoms with van der Waals surface area (Å²) in [5.74, 6) is 0.0398. The molecule has 0 radical (unpaired) electrons. The molecule has 25 heavy (non-hydrogen) atoms. The molecule has 2 rings (SSSR count). The van der Waals surface area contributed by atoms with Gasteiger partial charge in [0.25, 0.3) is 0 Å². The van der Waals surface area contributed by atoms with Crippen LogP contribution in [0.25, 0.3) is 0 Å². The summed E-state index contributed by atoms with van der Waals surface area (Å²) in [6.07, 6.45) is 0.923. The van der Waals surface area contributed by atoms with E-state index >= 15 is 0 Å². The van der Waals surface area contributed by atoms with Crippen molar-refractivity contribution in [2.24, 2.45) is 5.73 Å². The molecule has 0 unspecified atom stereocenters. The predicted molar refractivity (Wildman–Crippen MR) is 106 cm³/mol. The lowest BCUT2D eigenvalue weighted by molar-refractivity contribution is -0.122. The minimum absolute atomic E-state index is 0. The average molecular weight is 362 g/mol. The van der Waals surface area contributed by atoms with Gasteiger partial charge in [0, 0.05) is 26.2 Å². The molecule has 0 saturated carbocycles. The summed E-state index contributed by atoms with van der Waals surface area (Å²) in [6, 6.07) is 18.5. The molecule has 0 aliphatic rings. The fourth-order valence-corrected chi connectivity index (χ4v) is 2.67. The van der Waals surface area contributed by atoms with Crippen LogP contribution >= 0.6 is 12.4 Å². The Hall–Kier alpha value is -1.88. The number of rotatable bonds is 9. The van der Waals surface area contributed by atoms with Crippen molar-refractivity contribution in [3.63, 3.8) is 0 Å². The molecule has 2 aromatic carbocycles. The highest BCUT2D eigenvalue weighted by atomic mass is 35.5. The highest BCUT2D eigenvalue weighted by Gasteiger charge is 2.10. The summed E-state index contributed by atoms with van der Waals surface area (Å²) in [4.78, 5) is 14.3. The minimum Gasteiger partial charge on any atom is -0.351 e. The summed E-state index contributed by atoms with van der Waals surface area (Å²) in [7, 11) is 0. The molecule has 0 atom stereocenters. The topological polar surface area (TPSA) is 58.4 Å². The van der Waals surface area contributed by atoms with Crippen molar-refractivity contribution < 1.29 is 4.79 Å². The number of nitrogens with zero attached hydrogens (tertiary/aromatic N) is 1. The molecule has 0 saturated heterocycles. The van der Waals surface area contributed by atoms with Crippen molar-refractivity contribution in [2.45, 2.75) is 19.9 Å². The summed E-state index contributed by atoms with van der Waals surface area (Å²) >= 11 is 0. The van der Waals surface area contributed by atoms with Crippen LogP contribution in [0.3, 0.4) is 0 Å². The quantitative estimate of drug-likeness (QED) is 0.721. The van der Waals surface area contributed by atoms with E-state index in [0.717, 1.165) is 25.1 Å². The van der Waals surface area contributed by atoms with E-state index in [4.69, 9.17) is 5.73 Å². The van der Waals surface area contributed by atoms with Crippen LogP contribution in [0, 0.1) is 6.92 Å². The Bertz CT molecular complexity index is 634. The second kappa shape index (κ2) is 11.6. The molecule has 4 nitrogen and oxygen atoms in total. The standard InChI is InChI=1S/C20H27N3O.ClH/c1-17-6-5-9-19(14-17)15-22-20(24)16-23(13-11-21)12-10-18-7-3-2-4-8-18;/h2-9,14H,10-13,15-16,21H2,1H3,(H,22,24);1H. The van der Waals surface area contributed by atoms with E-state index in [1.165, 1.54) is 11.1 Å². The Morgan fingerprint density at radius 1 is 1.04 bits per heavy atom. The third kappa shape index (κ3) is 8.16. The number of carbonyl (C=O) groups is 1. The van der Waals surface area contributed by atoms with Gasteiger partial charge in [-0.3, -0.25) is 9.69 Å². The van der Waals surface area contributed by atoms with Crippen molar-refractivity contribution in [1.29, 1.82) is 0 Å². The van der Waals surface area contributed by atoms with Gasteiger partial charge in [0.2, 0.25) is 5.91 Å². The number of benzene rings is 2. The zero-order valence-electron chi connectivity index (χ0n) is 14.8. The van der Waals surface area contributed by atoms with Gasteiger partial charge in [-0.05, 0) is 24.5 Å². The highest BCUT2D eigenvalue weighted by Crippen LogP contribution is 2.04. The molecule has 5 heteroatoms. The van der Waals surface area contributed by atoms with Gasteiger partial charge in [-0.25, -0.2) is 0 Å². The first-order valence-corrected chi connectivity index (χ1v) is 8.46. The van der Waals surface area contributed by atoms with Gasteiger partial charge in [0.05, 0.1) is 6.54 Å². The maximum Gasteiger partial charge on any atom is 0.234 e. The van der Waals surface area contributed by atoms with E-state index in [2.05, 4.69) is 41.4 Å². The van der Waals surface area contributed by atoms with Crippen LogP contribution in [-0.2, 0) is 17.8 Å². The fourth-order valence-electron chi connectivity index (χ4n) is 2.67. The zero-order valence-corrected chi connectivity index (χ0v) is 15.6. The predicted octanol–water partition coefficient (Wildman–Crippen LogP) is 2.54. The molecule has 1 amide bonds. The fraction of sp³-hybridized carbons (Fsp3) is 0.350. The molecule has 3 N–H and O–H groups in total. The van der Waals surface area contributed by atoms with Gasteiger partial charge in [-0.2, -0.15) is 0 Å². The number of hydrogen-bond donors (Lipinski definition) is 2. The van der Waals surface area contributed by atoms with Crippen LogP contribution in [0.4, 0.5) is 0 Å². The second-order valence-corrected chi connectivity index (χ2v) is 6.07. The SMILES string of the molecule is Cc1cccc(CNC(=O)CN(CCN)CCc2ccccc2)c1.Cl.